The van der Waals surface area contributed by atoms with Gasteiger partial charge in [-0.15, -0.1) is 0 Å². The van der Waals surface area contributed by atoms with Crippen LogP contribution in [-0.4, -0.2) is 58.1 Å². The highest BCUT2D eigenvalue weighted by Crippen LogP contribution is 2.37. The van der Waals surface area contributed by atoms with Gasteiger partial charge in [0.05, 0.1) is 31.1 Å². The molecule has 44 heavy (non-hydrogen) atoms. The Morgan fingerprint density at radius 2 is 1.64 bits per heavy atom. The van der Waals surface area contributed by atoms with E-state index in [-0.39, 0.29) is 24.4 Å². The third-order valence-corrected chi connectivity index (χ3v) is 7.22. The van der Waals surface area contributed by atoms with Gasteiger partial charge in [0, 0.05) is 24.4 Å². The van der Waals surface area contributed by atoms with E-state index in [9.17, 15) is 9.59 Å². The average molecular weight is 615 g/mol. The minimum atomic E-state index is -0.833. The molecule has 0 saturated heterocycles. The van der Waals surface area contributed by atoms with Crippen LogP contribution in [0.15, 0.2) is 91.1 Å². The molecule has 0 unspecified atom stereocenters. The Bertz CT molecular complexity index is 1570. The number of aliphatic carboxylic acids is 1. The predicted molar refractivity (Wildman–Crippen MR) is 173 cm³/mol. The van der Waals surface area contributed by atoms with Gasteiger partial charge in [-0.1, -0.05) is 36.4 Å². The van der Waals surface area contributed by atoms with Crippen LogP contribution < -0.4 is 25.2 Å². The molecule has 1 aliphatic rings. The first-order chi connectivity index (χ1) is 21.2. The molecule has 5 rings (SSSR count). The van der Waals surface area contributed by atoms with Gasteiger partial charge in [-0.25, -0.2) is 19.6 Å². The summed E-state index contributed by atoms with van der Waals surface area (Å²) in [4.78, 5) is 50.7. The number of methoxy groups -OCH3 is 1. The molecule has 0 aliphatic carbocycles. The van der Waals surface area contributed by atoms with Crippen molar-refractivity contribution in [2.24, 2.45) is 5.73 Å². The summed E-state index contributed by atoms with van der Waals surface area (Å²) in [5.41, 5.74) is 9.00. The van der Waals surface area contributed by atoms with E-state index in [1.807, 2.05) is 91.2 Å². The maximum atomic E-state index is 14.0. The molecule has 1 atom stereocenters. The Kier molecular flexibility index (Phi) is 10.9. The fourth-order valence-electron chi connectivity index (χ4n) is 4.48. The number of urea groups is 1. The number of carboxylic acid groups (broad SMARTS) is 1. The molecule has 1 aromatic heterocycles. The number of anilines is 5. The summed E-state index contributed by atoms with van der Waals surface area (Å²) in [6, 6.07) is 24.8. The lowest BCUT2D eigenvalue weighted by Crippen LogP contribution is -2.46. The van der Waals surface area contributed by atoms with Crippen molar-refractivity contribution in [3.63, 3.8) is 0 Å². The molecule has 0 saturated carbocycles. The number of para-hydroxylation sites is 2. The van der Waals surface area contributed by atoms with Crippen molar-refractivity contribution in [3.05, 3.63) is 96.7 Å². The monoisotopic (exact) mass is 614 g/mol. The van der Waals surface area contributed by atoms with Gasteiger partial charge in [0.25, 0.3) is 11.9 Å². The Morgan fingerprint density at radius 3 is 2.23 bits per heavy atom. The van der Waals surface area contributed by atoms with Crippen molar-refractivity contribution in [1.82, 2.24) is 9.97 Å². The van der Waals surface area contributed by atoms with Gasteiger partial charge in [-0.3, -0.25) is 14.5 Å². The molecule has 3 amide bonds. The second-order valence-electron chi connectivity index (χ2n) is 9.67. The summed E-state index contributed by atoms with van der Waals surface area (Å²) in [6.45, 7) is 1.34. The molecular weight excluding hydrogens is 580 g/mol. The molecule has 11 nitrogen and oxygen atoms in total. The van der Waals surface area contributed by atoms with Crippen LogP contribution in [0.5, 0.6) is 5.75 Å². The number of benzene rings is 3. The summed E-state index contributed by atoms with van der Waals surface area (Å²) in [5, 5.41) is 7.42. The number of hydrogen-bond donors (Lipinski definition) is 2. The molecule has 228 valence electrons. The number of fused-ring (bicyclic) bond motifs is 1. The minimum absolute atomic E-state index is 0.154. The van der Waals surface area contributed by atoms with Crippen LogP contribution >= 0.6 is 11.8 Å². The molecule has 3 N–H and O–H groups in total. The number of aromatic nitrogens is 2. The van der Waals surface area contributed by atoms with Crippen molar-refractivity contribution in [2.75, 3.05) is 33.8 Å². The summed E-state index contributed by atoms with van der Waals surface area (Å²) in [6.07, 6.45) is 4.16. The van der Waals surface area contributed by atoms with E-state index >= 15 is 0 Å². The second kappa shape index (κ2) is 15.0. The highest BCUT2D eigenvalue weighted by Gasteiger charge is 2.36. The summed E-state index contributed by atoms with van der Waals surface area (Å²) in [5.74, 6) is 0.868. The van der Waals surface area contributed by atoms with Crippen molar-refractivity contribution < 1.29 is 24.2 Å². The van der Waals surface area contributed by atoms with Gasteiger partial charge < -0.3 is 15.6 Å². The van der Waals surface area contributed by atoms with Gasteiger partial charge in [0.2, 0.25) is 5.95 Å². The molecule has 12 heteroatoms. The van der Waals surface area contributed by atoms with Crippen molar-refractivity contribution in [2.45, 2.75) is 25.9 Å². The summed E-state index contributed by atoms with van der Waals surface area (Å²) < 4.78 is 5.28. The minimum Gasteiger partial charge on any atom is -0.497 e. The van der Waals surface area contributed by atoms with Crippen LogP contribution in [0.25, 0.3) is 0 Å². The van der Waals surface area contributed by atoms with Crippen molar-refractivity contribution in [3.8, 4) is 5.75 Å². The highest BCUT2D eigenvalue weighted by molar-refractivity contribution is 7.98. The maximum Gasteiger partial charge on any atom is 0.335 e. The largest absolute Gasteiger partial charge is 0.497 e. The third kappa shape index (κ3) is 7.52. The first kappa shape index (κ1) is 32.0. The van der Waals surface area contributed by atoms with Gasteiger partial charge in [-0.2, -0.15) is 16.7 Å². The topological polar surface area (TPSA) is 142 Å². The number of nitrogens with zero attached hydrogens (tertiary/aromatic N) is 5. The molecule has 4 aromatic rings. The zero-order chi connectivity index (χ0) is 31.6. The van der Waals surface area contributed by atoms with Crippen LogP contribution in [0.2, 0.25) is 0 Å². The van der Waals surface area contributed by atoms with Crippen LogP contribution in [0.4, 0.5) is 33.6 Å². The number of carbonyl (C=O) groups excluding carboxylic acids is 2. The fourth-order valence-corrected chi connectivity index (χ4v) is 4.97. The number of thioether (sulfide) groups is 1. The molecule has 0 spiro atoms. The second-order valence-corrected chi connectivity index (χ2v) is 10.7. The van der Waals surface area contributed by atoms with Crippen molar-refractivity contribution in [1.29, 1.82) is 0 Å². The fraction of sp³-hybridized carbons (Fsp3) is 0.219. The number of amides is 3. The van der Waals surface area contributed by atoms with Gasteiger partial charge in [-0.05, 0) is 67.0 Å². The molecule has 3 aromatic carbocycles. The first-order valence-corrected chi connectivity index (χ1v) is 15.1. The molecular formula is C32H34N6O5S. The normalized spacial score (nSPS) is 12.9. The number of carboxylic acids is 1. The van der Waals surface area contributed by atoms with Gasteiger partial charge in [0.1, 0.15) is 5.75 Å². The molecule has 1 aliphatic heterocycles. The lowest BCUT2D eigenvalue weighted by atomic mass is 10.1. The van der Waals surface area contributed by atoms with E-state index in [1.165, 1.54) is 4.90 Å². The van der Waals surface area contributed by atoms with Crippen LogP contribution in [0, 0.1) is 0 Å². The van der Waals surface area contributed by atoms with Gasteiger partial charge >= 0.3 is 6.03 Å². The quantitative estimate of drug-likeness (QED) is 0.246. The average Bonchev–Trinajstić information content (AvgIpc) is 3.04. The van der Waals surface area contributed by atoms with Gasteiger partial charge in [0.15, 0.2) is 5.82 Å². The zero-order valence-corrected chi connectivity index (χ0v) is 25.5. The van der Waals surface area contributed by atoms with E-state index in [2.05, 4.69) is 4.98 Å². The smallest absolute Gasteiger partial charge is 0.335 e. The number of nitrogens with two attached hydrogens (primary N) is 1. The lowest BCUT2D eigenvalue weighted by Gasteiger charge is -2.36. The Morgan fingerprint density at radius 1 is 1.02 bits per heavy atom. The first-order valence-electron chi connectivity index (χ1n) is 13.7. The molecule has 0 bridgehead atoms. The van der Waals surface area contributed by atoms with E-state index in [0.717, 1.165) is 18.2 Å². The van der Waals surface area contributed by atoms with E-state index < -0.39 is 12.0 Å². The predicted octanol–water partition coefficient (Wildman–Crippen LogP) is 5.60. The lowest BCUT2D eigenvalue weighted by molar-refractivity contribution is -0.134. The molecule has 0 fully saturated rings. The summed E-state index contributed by atoms with van der Waals surface area (Å²) >= 11 is 1.63. The summed E-state index contributed by atoms with van der Waals surface area (Å²) in [7, 11) is 1.60. The Hall–Kier alpha value is -4.94. The Labute approximate surface area is 260 Å². The zero-order valence-electron chi connectivity index (χ0n) is 24.7. The highest BCUT2D eigenvalue weighted by atomic mass is 32.2. The van der Waals surface area contributed by atoms with E-state index in [4.69, 9.17) is 25.4 Å². The molecule has 0 radical (unpaired) electrons. The molecule has 2 heterocycles. The number of hydrogen-bond acceptors (Lipinski definition) is 8. The number of rotatable bonds is 9. The standard InChI is InChI=1S/C30H30N6O3S.C2H4O2/c1-39-25-15-13-22(14-16-25)34-20-21-19-32-29(33-27(21)35(30(34)38)23-9-5-3-6-10-23)36(24-11-7-4-8-12-24)28(37)26(31)17-18-40-2;1-2(3)4/h3-16,19,26H,17-18,20,31H2,1-2H3;1H3,(H,3,4)/t26-;/m0./s1. The van der Waals surface area contributed by atoms with Crippen LogP contribution in [0.3, 0.4) is 0 Å². The SMILES string of the molecule is CC(=O)O.COc1ccc(N2Cc3cnc(N(C(=O)[C@@H](N)CCSC)c4ccccc4)nc3N(c3ccccc3)C2=O)cc1. The van der Waals surface area contributed by atoms with E-state index in [1.54, 1.807) is 34.9 Å². The third-order valence-electron chi connectivity index (χ3n) is 6.57. The number of ether oxygens (including phenoxy) is 1. The van der Waals surface area contributed by atoms with E-state index in [0.29, 0.717) is 35.1 Å². The van der Waals surface area contributed by atoms with Crippen LogP contribution in [-0.2, 0) is 16.1 Å². The number of carbonyl (C=O) groups is 3. The van der Waals surface area contributed by atoms with Crippen LogP contribution in [0.1, 0.15) is 18.9 Å². The van der Waals surface area contributed by atoms with Crippen molar-refractivity contribution >= 4 is 58.5 Å². The Balaban J connectivity index is 0.00000104. The maximum absolute atomic E-state index is 14.0.